The summed E-state index contributed by atoms with van der Waals surface area (Å²) in [5.41, 5.74) is 2.72. The highest BCUT2D eigenvalue weighted by molar-refractivity contribution is 6.04. The van der Waals surface area contributed by atoms with E-state index in [1.54, 1.807) is 19.4 Å². The standard InChI is InChI=1S/C20H20N2O4/c1-25-15-6-4-5-13(9-15)14-10-16(20(23)24)17-12-21-22(18(17)11-14)19-7-2-3-8-26-19/h4-6,9-12,19H,2-3,7-8H2,1H3,(H,23,24). The Bertz CT molecular complexity index is 958. The van der Waals surface area contributed by atoms with E-state index >= 15 is 0 Å². The van der Waals surface area contributed by atoms with Gasteiger partial charge < -0.3 is 14.6 Å². The van der Waals surface area contributed by atoms with Crippen LogP contribution in [0.15, 0.2) is 42.6 Å². The molecule has 0 aliphatic carbocycles. The van der Waals surface area contributed by atoms with Crippen molar-refractivity contribution in [3.8, 4) is 16.9 Å². The molecule has 134 valence electrons. The third-order valence-corrected chi connectivity index (χ3v) is 4.78. The zero-order valence-corrected chi connectivity index (χ0v) is 14.5. The van der Waals surface area contributed by atoms with E-state index in [0.29, 0.717) is 12.0 Å². The van der Waals surface area contributed by atoms with Gasteiger partial charge in [0.2, 0.25) is 0 Å². The van der Waals surface area contributed by atoms with Crippen LogP contribution in [0.3, 0.4) is 0 Å². The molecule has 6 heteroatoms. The molecule has 2 aromatic carbocycles. The first-order valence-corrected chi connectivity index (χ1v) is 8.68. The highest BCUT2D eigenvalue weighted by Gasteiger charge is 2.21. The van der Waals surface area contributed by atoms with Crippen molar-refractivity contribution in [3.63, 3.8) is 0 Å². The van der Waals surface area contributed by atoms with Crippen molar-refractivity contribution in [1.82, 2.24) is 9.78 Å². The number of aromatic carboxylic acids is 1. The molecule has 0 bridgehead atoms. The predicted octanol–water partition coefficient (Wildman–Crippen LogP) is 4.11. The summed E-state index contributed by atoms with van der Waals surface area (Å²) in [4.78, 5) is 11.8. The first-order valence-electron chi connectivity index (χ1n) is 8.68. The average Bonchev–Trinajstić information content (AvgIpc) is 3.11. The molecular weight excluding hydrogens is 332 g/mol. The fourth-order valence-electron chi connectivity index (χ4n) is 3.44. The van der Waals surface area contributed by atoms with Crippen LogP contribution in [0.1, 0.15) is 35.8 Å². The van der Waals surface area contributed by atoms with Gasteiger partial charge in [0, 0.05) is 12.0 Å². The summed E-state index contributed by atoms with van der Waals surface area (Å²) in [6.45, 7) is 0.702. The minimum atomic E-state index is -0.969. The van der Waals surface area contributed by atoms with Crippen LogP contribution in [0.25, 0.3) is 22.0 Å². The Morgan fingerprint density at radius 2 is 2.15 bits per heavy atom. The van der Waals surface area contributed by atoms with Crippen molar-refractivity contribution in [2.45, 2.75) is 25.5 Å². The first kappa shape index (κ1) is 16.6. The summed E-state index contributed by atoms with van der Waals surface area (Å²) in [6, 6.07) is 11.2. The third-order valence-electron chi connectivity index (χ3n) is 4.78. The maximum Gasteiger partial charge on any atom is 0.336 e. The number of methoxy groups -OCH3 is 1. The van der Waals surface area contributed by atoms with Crippen LogP contribution in [-0.4, -0.2) is 34.6 Å². The van der Waals surface area contributed by atoms with Crippen molar-refractivity contribution >= 4 is 16.9 Å². The van der Waals surface area contributed by atoms with Crippen molar-refractivity contribution in [1.29, 1.82) is 0 Å². The van der Waals surface area contributed by atoms with Crippen molar-refractivity contribution in [2.75, 3.05) is 13.7 Å². The number of carboxylic acids is 1. The average molecular weight is 352 g/mol. The minimum Gasteiger partial charge on any atom is -0.497 e. The lowest BCUT2D eigenvalue weighted by Crippen LogP contribution is -2.19. The largest absolute Gasteiger partial charge is 0.497 e. The van der Waals surface area contributed by atoms with E-state index in [-0.39, 0.29) is 11.8 Å². The number of carboxylic acid groups (broad SMARTS) is 1. The second-order valence-corrected chi connectivity index (χ2v) is 6.40. The van der Waals surface area contributed by atoms with Crippen LogP contribution < -0.4 is 4.74 Å². The Morgan fingerprint density at radius 1 is 1.27 bits per heavy atom. The van der Waals surface area contributed by atoms with E-state index in [0.717, 1.165) is 41.7 Å². The smallest absolute Gasteiger partial charge is 0.336 e. The van der Waals surface area contributed by atoms with Crippen LogP contribution >= 0.6 is 0 Å². The zero-order chi connectivity index (χ0) is 18.1. The van der Waals surface area contributed by atoms with Gasteiger partial charge in [-0.25, -0.2) is 9.48 Å². The van der Waals surface area contributed by atoms with Gasteiger partial charge in [-0.3, -0.25) is 0 Å². The number of hydrogen-bond donors (Lipinski definition) is 1. The number of fused-ring (bicyclic) bond motifs is 1. The van der Waals surface area contributed by atoms with Crippen LogP contribution in [0.5, 0.6) is 5.75 Å². The van der Waals surface area contributed by atoms with Gasteiger partial charge in [-0.2, -0.15) is 5.10 Å². The molecule has 0 saturated carbocycles. The van der Waals surface area contributed by atoms with Gasteiger partial charge in [0.05, 0.1) is 24.4 Å². The summed E-state index contributed by atoms with van der Waals surface area (Å²) in [7, 11) is 1.61. The minimum absolute atomic E-state index is 0.150. The lowest BCUT2D eigenvalue weighted by Gasteiger charge is -2.23. The number of ether oxygens (including phenoxy) is 2. The monoisotopic (exact) mass is 352 g/mol. The molecular formula is C20H20N2O4. The van der Waals surface area contributed by atoms with Crippen molar-refractivity contribution in [3.05, 3.63) is 48.2 Å². The van der Waals surface area contributed by atoms with E-state index in [1.807, 2.05) is 35.0 Å². The Labute approximate surface area is 151 Å². The Kier molecular flexibility index (Phi) is 4.34. The molecule has 1 saturated heterocycles. The normalized spacial score (nSPS) is 17.3. The fraction of sp³-hybridized carbons (Fsp3) is 0.300. The van der Waals surface area contributed by atoms with Gasteiger partial charge in [0.1, 0.15) is 5.75 Å². The number of carbonyl (C=O) groups is 1. The van der Waals surface area contributed by atoms with E-state index in [4.69, 9.17) is 9.47 Å². The van der Waals surface area contributed by atoms with Crippen molar-refractivity contribution in [2.24, 2.45) is 0 Å². The Balaban J connectivity index is 1.89. The topological polar surface area (TPSA) is 73.6 Å². The van der Waals surface area contributed by atoms with Gasteiger partial charge in [-0.05, 0) is 54.7 Å². The summed E-state index contributed by atoms with van der Waals surface area (Å²) >= 11 is 0. The van der Waals surface area contributed by atoms with Crippen LogP contribution in [-0.2, 0) is 4.74 Å². The van der Waals surface area contributed by atoms with E-state index < -0.39 is 5.97 Å². The summed E-state index contributed by atoms with van der Waals surface area (Å²) in [5, 5.41) is 14.7. The van der Waals surface area contributed by atoms with Gasteiger partial charge in [-0.15, -0.1) is 0 Å². The number of hydrogen-bond acceptors (Lipinski definition) is 4. The predicted molar refractivity (Wildman–Crippen MR) is 97.5 cm³/mol. The van der Waals surface area contributed by atoms with Crippen LogP contribution in [0.2, 0.25) is 0 Å². The molecule has 1 aliphatic heterocycles. The molecule has 1 N–H and O–H groups in total. The van der Waals surface area contributed by atoms with Gasteiger partial charge in [0.15, 0.2) is 6.23 Å². The molecule has 26 heavy (non-hydrogen) atoms. The van der Waals surface area contributed by atoms with Gasteiger partial charge >= 0.3 is 5.97 Å². The first-order chi connectivity index (χ1) is 12.7. The molecule has 3 aromatic rings. The number of nitrogens with zero attached hydrogens (tertiary/aromatic N) is 2. The Morgan fingerprint density at radius 3 is 2.88 bits per heavy atom. The highest BCUT2D eigenvalue weighted by atomic mass is 16.5. The van der Waals surface area contributed by atoms with Gasteiger partial charge in [-0.1, -0.05) is 12.1 Å². The summed E-state index contributed by atoms with van der Waals surface area (Å²) < 4.78 is 12.9. The second-order valence-electron chi connectivity index (χ2n) is 6.40. The van der Waals surface area contributed by atoms with E-state index in [1.165, 1.54) is 0 Å². The lowest BCUT2D eigenvalue weighted by atomic mass is 10.00. The van der Waals surface area contributed by atoms with E-state index in [2.05, 4.69) is 5.10 Å². The quantitative estimate of drug-likeness (QED) is 0.765. The lowest BCUT2D eigenvalue weighted by molar-refractivity contribution is -0.0366. The molecule has 1 unspecified atom stereocenters. The molecule has 1 atom stereocenters. The summed E-state index contributed by atoms with van der Waals surface area (Å²) in [6.07, 6.45) is 4.47. The van der Waals surface area contributed by atoms with E-state index in [9.17, 15) is 9.90 Å². The molecule has 1 aromatic heterocycles. The highest BCUT2D eigenvalue weighted by Crippen LogP contribution is 2.32. The maximum atomic E-state index is 11.8. The second kappa shape index (κ2) is 6.80. The van der Waals surface area contributed by atoms with Gasteiger partial charge in [0.25, 0.3) is 0 Å². The zero-order valence-electron chi connectivity index (χ0n) is 14.5. The Hall–Kier alpha value is -2.86. The molecule has 4 rings (SSSR count). The third kappa shape index (κ3) is 2.93. The number of benzene rings is 2. The van der Waals surface area contributed by atoms with Crippen molar-refractivity contribution < 1.29 is 19.4 Å². The number of aromatic nitrogens is 2. The maximum absolute atomic E-state index is 11.8. The molecule has 0 radical (unpaired) electrons. The molecule has 1 aliphatic rings. The van der Waals surface area contributed by atoms with Crippen LogP contribution in [0.4, 0.5) is 0 Å². The SMILES string of the molecule is COc1cccc(-c2cc(C(=O)O)c3cnn(C4CCCCO4)c3c2)c1. The molecule has 1 fully saturated rings. The molecule has 6 nitrogen and oxygen atoms in total. The molecule has 0 amide bonds. The number of rotatable bonds is 4. The summed E-state index contributed by atoms with van der Waals surface area (Å²) in [5.74, 6) is -0.243. The molecule has 2 heterocycles. The fourth-order valence-corrected chi connectivity index (χ4v) is 3.44. The molecule has 0 spiro atoms. The van der Waals surface area contributed by atoms with Crippen LogP contribution in [0, 0.1) is 0 Å².